The van der Waals surface area contributed by atoms with Crippen LogP contribution in [-0.4, -0.2) is 11.7 Å². The van der Waals surface area contributed by atoms with Crippen molar-refractivity contribution in [2.45, 2.75) is 12.5 Å². The molecule has 1 aromatic rings. The maximum Gasteiger partial charge on any atom is 0.134 e. The van der Waals surface area contributed by atoms with E-state index in [0.29, 0.717) is 23.0 Å². The summed E-state index contributed by atoms with van der Waals surface area (Å²) in [7, 11) is 0. The van der Waals surface area contributed by atoms with Crippen LogP contribution in [0, 0.1) is 5.82 Å². The lowest BCUT2D eigenvalue weighted by atomic mass is 10.0. The van der Waals surface area contributed by atoms with Crippen molar-refractivity contribution < 1.29 is 9.50 Å². The first-order valence-electron chi connectivity index (χ1n) is 4.19. The Kier molecular flexibility index (Phi) is 3.86. The van der Waals surface area contributed by atoms with Crippen LogP contribution in [0.2, 0.25) is 0 Å². The number of aromatic hydroxyl groups is 1. The number of phenols is 1. The largest absolute Gasteiger partial charge is 0.506 e. The van der Waals surface area contributed by atoms with Crippen molar-refractivity contribution in [3.05, 3.63) is 28.0 Å². The fourth-order valence-corrected chi connectivity index (χ4v) is 1.65. The van der Waals surface area contributed by atoms with Crippen LogP contribution in [0.15, 0.2) is 16.6 Å². The molecule has 0 saturated heterocycles. The Morgan fingerprint density at radius 2 is 2.14 bits per heavy atom. The van der Waals surface area contributed by atoms with Gasteiger partial charge in [0, 0.05) is 11.6 Å². The Hall–Kier alpha value is -0.650. The van der Waals surface area contributed by atoms with Crippen molar-refractivity contribution >= 4 is 15.9 Å². The number of phenolic OH excluding ortho intramolecular Hbond substituents is 1. The fourth-order valence-electron chi connectivity index (χ4n) is 1.20. The van der Waals surface area contributed by atoms with Gasteiger partial charge in [-0.25, -0.2) is 4.39 Å². The van der Waals surface area contributed by atoms with Crippen LogP contribution in [0.25, 0.3) is 0 Å². The van der Waals surface area contributed by atoms with Gasteiger partial charge in [0.05, 0.1) is 4.47 Å². The molecule has 1 aromatic carbocycles. The van der Waals surface area contributed by atoms with Crippen molar-refractivity contribution in [2.75, 3.05) is 6.54 Å². The van der Waals surface area contributed by atoms with Crippen molar-refractivity contribution in [3.8, 4) is 5.75 Å². The van der Waals surface area contributed by atoms with Gasteiger partial charge in [-0.2, -0.15) is 0 Å². The standard InChI is InChI=1S/C9H12BrFN2O/c10-7-4-5(11)3-6(9(7)14)8(13)1-2-12/h3-4,8,14H,1-2,12-13H2/t8-/m0/s1. The lowest BCUT2D eigenvalue weighted by Crippen LogP contribution is -2.15. The number of hydrogen-bond donors (Lipinski definition) is 3. The van der Waals surface area contributed by atoms with Crippen LogP contribution in [0.4, 0.5) is 4.39 Å². The van der Waals surface area contributed by atoms with E-state index in [4.69, 9.17) is 11.5 Å². The van der Waals surface area contributed by atoms with Crippen molar-refractivity contribution in [2.24, 2.45) is 11.5 Å². The molecular weight excluding hydrogens is 251 g/mol. The second-order valence-corrected chi connectivity index (χ2v) is 3.86. The number of halogens is 2. The Morgan fingerprint density at radius 3 is 2.71 bits per heavy atom. The molecule has 5 heteroatoms. The van der Waals surface area contributed by atoms with Crippen molar-refractivity contribution in [3.63, 3.8) is 0 Å². The average Bonchev–Trinajstić information content (AvgIpc) is 2.11. The van der Waals surface area contributed by atoms with Crippen LogP contribution in [0.3, 0.4) is 0 Å². The average molecular weight is 263 g/mol. The van der Waals surface area contributed by atoms with Crippen molar-refractivity contribution in [1.82, 2.24) is 0 Å². The van der Waals surface area contributed by atoms with E-state index < -0.39 is 11.9 Å². The minimum Gasteiger partial charge on any atom is -0.506 e. The molecule has 0 fully saturated rings. The monoisotopic (exact) mass is 262 g/mol. The van der Waals surface area contributed by atoms with Crippen LogP contribution < -0.4 is 11.5 Å². The quantitative estimate of drug-likeness (QED) is 0.776. The summed E-state index contributed by atoms with van der Waals surface area (Å²) >= 11 is 3.04. The van der Waals surface area contributed by atoms with Gasteiger partial charge in [-0.1, -0.05) is 0 Å². The maximum atomic E-state index is 13.0. The summed E-state index contributed by atoms with van der Waals surface area (Å²) in [5.41, 5.74) is 11.4. The zero-order chi connectivity index (χ0) is 10.7. The molecule has 0 aliphatic carbocycles. The van der Waals surface area contributed by atoms with Gasteiger partial charge in [0.15, 0.2) is 0 Å². The summed E-state index contributed by atoms with van der Waals surface area (Å²) < 4.78 is 13.3. The lowest BCUT2D eigenvalue weighted by Gasteiger charge is -2.13. The molecule has 78 valence electrons. The summed E-state index contributed by atoms with van der Waals surface area (Å²) in [4.78, 5) is 0. The number of rotatable bonds is 3. The second-order valence-electron chi connectivity index (χ2n) is 3.01. The third-order valence-electron chi connectivity index (χ3n) is 1.93. The van der Waals surface area contributed by atoms with E-state index in [9.17, 15) is 9.50 Å². The summed E-state index contributed by atoms with van der Waals surface area (Å²) in [5.74, 6) is -0.454. The third kappa shape index (κ3) is 2.43. The molecule has 1 rings (SSSR count). The van der Waals surface area contributed by atoms with E-state index in [1.807, 2.05) is 0 Å². The first-order chi connectivity index (χ1) is 6.56. The number of hydrogen-bond acceptors (Lipinski definition) is 3. The minimum absolute atomic E-state index is 0.0210. The molecule has 0 heterocycles. The van der Waals surface area contributed by atoms with Crippen LogP contribution in [0.5, 0.6) is 5.75 Å². The molecule has 0 unspecified atom stereocenters. The van der Waals surface area contributed by atoms with E-state index in [1.54, 1.807) is 0 Å². The predicted molar refractivity (Wildman–Crippen MR) is 56.4 cm³/mol. The molecule has 5 N–H and O–H groups in total. The van der Waals surface area contributed by atoms with Gasteiger partial charge in [-0.15, -0.1) is 0 Å². The number of benzene rings is 1. The highest BCUT2D eigenvalue weighted by Crippen LogP contribution is 2.32. The second kappa shape index (κ2) is 4.72. The molecule has 0 aliphatic rings. The minimum atomic E-state index is -0.438. The highest BCUT2D eigenvalue weighted by molar-refractivity contribution is 9.10. The highest BCUT2D eigenvalue weighted by Gasteiger charge is 2.14. The molecule has 0 bridgehead atoms. The van der Waals surface area contributed by atoms with Gasteiger partial charge >= 0.3 is 0 Å². The van der Waals surface area contributed by atoms with Crippen LogP contribution >= 0.6 is 15.9 Å². The van der Waals surface area contributed by atoms with Crippen molar-refractivity contribution in [1.29, 1.82) is 0 Å². The molecule has 3 nitrogen and oxygen atoms in total. The normalized spacial score (nSPS) is 12.9. The predicted octanol–water partition coefficient (Wildman–Crippen LogP) is 1.64. The van der Waals surface area contributed by atoms with Gasteiger partial charge in [0.25, 0.3) is 0 Å². The van der Waals surface area contributed by atoms with Gasteiger partial charge in [0.2, 0.25) is 0 Å². The summed E-state index contributed by atoms with van der Waals surface area (Å²) in [6.45, 7) is 0.398. The summed E-state index contributed by atoms with van der Waals surface area (Å²) in [6, 6.07) is 1.97. The summed E-state index contributed by atoms with van der Waals surface area (Å²) in [5, 5.41) is 9.58. The molecule has 0 aromatic heterocycles. The van der Waals surface area contributed by atoms with E-state index in [-0.39, 0.29) is 5.75 Å². The maximum absolute atomic E-state index is 13.0. The molecule has 1 atom stereocenters. The summed E-state index contributed by atoms with van der Waals surface area (Å²) in [6.07, 6.45) is 0.503. The van der Waals surface area contributed by atoms with E-state index in [2.05, 4.69) is 15.9 Å². The van der Waals surface area contributed by atoms with E-state index in [0.717, 1.165) is 0 Å². The first kappa shape index (κ1) is 11.4. The van der Waals surface area contributed by atoms with Crippen LogP contribution in [-0.2, 0) is 0 Å². The zero-order valence-electron chi connectivity index (χ0n) is 7.50. The lowest BCUT2D eigenvalue weighted by molar-refractivity contribution is 0.452. The molecule has 0 saturated carbocycles. The van der Waals surface area contributed by atoms with Crippen LogP contribution in [0.1, 0.15) is 18.0 Å². The SMILES string of the molecule is NCC[C@H](N)c1cc(F)cc(Br)c1O. The van der Waals surface area contributed by atoms with E-state index >= 15 is 0 Å². The Labute approximate surface area is 90.0 Å². The Balaban J connectivity index is 3.07. The zero-order valence-corrected chi connectivity index (χ0v) is 9.09. The highest BCUT2D eigenvalue weighted by atomic mass is 79.9. The molecule has 0 spiro atoms. The molecule has 0 radical (unpaired) electrons. The van der Waals surface area contributed by atoms with Gasteiger partial charge in [-0.3, -0.25) is 0 Å². The number of nitrogens with two attached hydrogens (primary N) is 2. The van der Waals surface area contributed by atoms with Gasteiger partial charge in [-0.05, 0) is 41.0 Å². The Morgan fingerprint density at radius 1 is 1.50 bits per heavy atom. The molecule has 0 aliphatic heterocycles. The molecule has 14 heavy (non-hydrogen) atoms. The smallest absolute Gasteiger partial charge is 0.134 e. The van der Waals surface area contributed by atoms with Gasteiger partial charge < -0.3 is 16.6 Å². The van der Waals surface area contributed by atoms with E-state index in [1.165, 1.54) is 12.1 Å². The molecule has 0 amide bonds. The topological polar surface area (TPSA) is 72.3 Å². The fraction of sp³-hybridized carbons (Fsp3) is 0.333. The first-order valence-corrected chi connectivity index (χ1v) is 4.99. The third-order valence-corrected chi connectivity index (χ3v) is 2.54. The molecular formula is C9H12BrFN2O. The van der Waals surface area contributed by atoms with Gasteiger partial charge in [0.1, 0.15) is 11.6 Å². The Bertz CT molecular complexity index is 333.